The summed E-state index contributed by atoms with van der Waals surface area (Å²) < 4.78 is 47.2. The molecule has 2 aliphatic rings. The normalized spacial score (nSPS) is 19.8. The number of rotatable bonds is 5. The summed E-state index contributed by atoms with van der Waals surface area (Å²) in [7, 11) is 0. The zero-order valence-corrected chi connectivity index (χ0v) is 20.0. The van der Waals surface area contributed by atoms with Crippen LogP contribution in [0.15, 0.2) is 36.4 Å². The summed E-state index contributed by atoms with van der Waals surface area (Å²) in [5, 5.41) is 9.50. The fourth-order valence-electron chi connectivity index (χ4n) is 5.12. The van der Waals surface area contributed by atoms with Crippen LogP contribution in [0.3, 0.4) is 0 Å². The van der Waals surface area contributed by atoms with Crippen molar-refractivity contribution in [1.82, 2.24) is 4.90 Å². The van der Waals surface area contributed by atoms with Gasteiger partial charge in [0, 0.05) is 24.2 Å². The van der Waals surface area contributed by atoms with E-state index in [9.17, 15) is 23.1 Å². The summed E-state index contributed by atoms with van der Waals surface area (Å²) in [4.78, 5) is 13.3. The number of hydrogen-bond donors (Lipinski definition) is 1. The first kappa shape index (κ1) is 24.9. The Labute approximate surface area is 202 Å². The van der Waals surface area contributed by atoms with Gasteiger partial charge < -0.3 is 9.84 Å². The molecule has 1 saturated heterocycles. The van der Waals surface area contributed by atoms with Crippen molar-refractivity contribution in [1.29, 1.82) is 0 Å². The molecule has 0 radical (unpaired) electrons. The maximum Gasteiger partial charge on any atom is 0.416 e. The average Bonchev–Trinajstić information content (AvgIpc) is 2.78. The third-order valence-electron chi connectivity index (χ3n) is 7.30. The van der Waals surface area contributed by atoms with Crippen LogP contribution in [0.1, 0.15) is 61.4 Å². The van der Waals surface area contributed by atoms with Gasteiger partial charge in [0.25, 0.3) is 0 Å². The summed E-state index contributed by atoms with van der Waals surface area (Å²) in [5.41, 5.74) is 1.25. The van der Waals surface area contributed by atoms with Crippen molar-refractivity contribution in [2.24, 2.45) is 5.92 Å². The molecular formula is C26H29ClF3NO3. The number of nitrogens with zero attached hydrogens (tertiary/aromatic N) is 1. The van der Waals surface area contributed by atoms with Crippen molar-refractivity contribution in [2.45, 2.75) is 63.8 Å². The molecule has 1 unspecified atom stereocenters. The molecule has 4 nitrogen and oxygen atoms in total. The minimum atomic E-state index is -4.43. The number of halogens is 4. The van der Waals surface area contributed by atoms with Gasteiger partial charge in [-0.05, 0) is 80.0 Å². The smallest absolute Gasteiger partial charge is 0.416 e. The topological polar surface area (TPSA) is 49.8 Å². The zero-order valence-electron chi connectivity index (χ0n) is 19.3. The van der Waals surface area contributed by atoms with Gasteiger partial charge in [-0.25, -0.2) is 0 Å². The van der Waals surface area contributed by atoms with Crippen LogP contribution in [0.2, 0.25) is 5.02 Å². The second-order valence-corrected chi connectivity index (χ2v) is 10.0. The summed E-state index contributed by atoms with van der Waals surface area (Å²) in [6.45, 7) is 4.73. The van der Waals surface area contributed by atoms with E-state index in [-0.39, 0.29) is 11.2 Å². The van der Waals surface area contributed by atoms with Gasteiger partial charge in [-0.2, -0.15) is 13.2 Å². The Morgan fingerprint density at radius 2 is 1.85 bits per heavy atom. The van der Waals surface area contributed by atoms with E-state index in [1.54, 1.807) is 13.8 Å². The number of ether oxygens (including phenoxy) is 1. The molecule has 2 aromatic rings. The molecule has 0 aliphatic carbocycles. The predicted octanol–water partition coefficient (Wildman–Crippen LogP) is 6.54. The number of carboxylic acids is 1. The number of carboxylic acid groups (broad SMARTS) is 1. The Bertz CT molecular complexity index is 1060. The Morgan fingerprint density at radius 1 is 1.15 bits per heavy atom. The highest BCUT2D eigenvalue weighted by molar-refractivity contribution is 6.30. The van der Waals surface area contributed by atoms with E-state index < -0.39 is 29.7 Å². The molecular weight excluding hydrogens is 467 g/mol. The molecule has 0 aromatic heterocycles. The molecule has 2 atom stereocenters. The lowest BCUT2D eigenvalue weighted by molar-refractivity contribution is -0.141. The number of benzene rings is 2. The minimum Gasteiger partial charge on any atom is -0.487 e. The fourth-order valence-corrected chi connectivity index (χ4v) is 5.30. The molecule has 184 valence electrons. The highest BCUT2D eigenvalue weighted by Gasteiger charge is 2.42. The van der Waals surface area contributed by atoms with Crippen molar-refractivity contribution in [3.63, 3.8) is 0 Å². The number of alkyl halides is 3. The Kier molecular flexibility index (Phi) is 6.89. The monoisotopic (exact) mass is 495 g/mol. The zero-order chi connectivity index (χ0) is 24.7. The third kappa shape index (κ3) is 5.20. The molecule has 8 heteroatoms. The van der Waals surface area contributed by atoms with E-state index in [0.717, 1.165) is 35.8 Å². The first-order valence-electron chi connectivity index (χ1n) is 11.6. The van der Waals surface area contributed by atoms with Crippen LogP contribution in [0, 0.1) is 5.92 Å². The number of carbonyl (C=O) groups is 1. The summed E-state index contributed by atoms with van der Waals surface area (Å²) >= 11 is 6.04. The van der Waals surface area contributed by atoms with Gasteiger partial charge >= 0.3 is 12.1 Å². The van der Waals surface area contributed by atoms with Crippen LogP contribution in [0.4, 0.5) is 13.2 Å². The van der Waals surface area contributed by atoms with Gasteiger partial charge in [-0.3, -0.25) is 9.69 Å². The number of hydrogen-bond acceptors (Lipinski definition) is 3. The molecule has 0 saturated carbocycles. The van der Waals surface area contributed by atoms with E-state index in [2.05, 4.69) is 4.90 Å². The van der Waals surface area contributed by atoms with Gasteiger partial charge in [0.1, 0.15) is 11.4 Å². The highest BCUT2D eigenvalue weighted by atomic mass is 35.5. The number of piperidine rings is 1. The lowest BCUT2D eigenvalue weighted by atomic mass is 9.82. The largest absolute Gasteiger partial charge is 0.487 e. The minimum absolute atomic E-state index is 0.197. The maximum atomic E-state index is 13.6. The quantitative estimate of drug-likeness (QED) is 0.511. The molecule has 0 bridgehead atoms. The first-order chi connectivity index (χ1) is 16.0. The van der Waals surface area contributed by atoms with Crippen LogP contribution in [0.5, 0.6) is 5.75 Å². The third-order valence-corrected chi connectivity index (χ3v) is 7.53. The second kappa shape index (κ2) is 9.42. The van der Waals surface area contributed by atoms with Crippen LogP contribution >= 0.6 is 11.6 Å². The summed E-state index contributed by atoms with van der Waals surface area (Å²) in [6, 6.07) is 9.27. The van der Waals surface area contributed by atoms with Crippen LogP contribution < -0.4 is 4.74 Å². The molecule has 4 rings (SSSR count). The van der Waals surface area contributed by atoms with E-state index in [0.29, 0.717) is 37.4 Å². The highest BCUT2D eigenvalue weighted by Crippen LogP contribution is 2.43. The van der Waals surface area contributed by atoms with E-state index >= 15 is 0 Å². The van der Waals surface area contributed by atoms with E-state index in [4.69, 9.17) is 16.3 Å². The van der Waals surface area contributed by atoms with Crippen molar-refractivity contribution >= 4 is 17.6 Å². The molecule has 0 amide bonds. The van der Waals surface area contributed by atoms with Crippen LogP contribution in [0.25, 0.3) is 0 Å². The first-order valence-corrected chi connectivity index (χ1v) is 12.0. The van der Waals surface area contributed by atoms with Gasteiger partial charge in [0.05, 0.1) is 11.5 Å². The second-order valence-electron chi connectivity index (χ2n) is 9.61. The molecule has 34 heavy (non-hydrogen) atoms. The van der Waals surface area contributed by atoms with Gasteiger partial charge in [-0.1, -0.05) is 30.7 Å². The van der Waals surface area contributed by atoms with Crippen LogP contribution in [-0.2, 0) is 23.8 Å². The molecule has 2 heterocycles. The average molecular weight is 496 g/mol. The fraction of sp³-hybridized carbons (Fsp3) is 0.500. The molecule has 1 N–H and O–H groups in total. The van der Waals surface area contributed by atoms with Crippen molar-refractivity contribution in [3.8, 4) is 5.75 Å². The number of fused-ring (bicyclic) bond motifs is 1. The summed E-state index contributed by atoms with van der Waals surface area (Å²) in [6.07, 6.45) is -0.837. The summed E-state index contributed by atoms with van der Waals surface area (Å²) in [5.74, 6) is -0.504. The van der Waals surface area contributed by atoms with Crippen LogP contribution in [-0.4, -0.2) is 34.7 Å². The predicted molar refractivity (Wildman–Crippen MR) is 124 cm³/mol. The number of aliphatic carboxylic acids is 1. The van der Waals surface area contributed by atoms with Gasteiger partial charge in [0.2, 0.25) is 0 Å². The molecule has 2 aliphatic heterocycles. The van der Waals surface area contributed by atoms with E-state index in [1.165, 1.54) is 12.1 Å². The Hall–Kier alpha value is -2.25. The molecule has 1 spiro atoms. The lowest BCUT2D eigenvalue weighted by Crippen LogP contribution is -2.50. The Balaban J connectivity index is 1.46. The SMILES string of the molecule is CC(c1cc(Cl)ccc1C(F)(F)F)N1CCC2(CCc3ccc(C[C@H](C)C(=O)O)cc3O2)CC1. The Morgan fingerprint density at radius 3 is 2.50 bits per heavy atom. The number of aryl methyl sites for hydroxylation is 1. The van der Waals surface area contributed by atoms with Crippen molar-refractivity contribution < 1.29 is 27.8 Å². The van der Waals surface area contributed by atoms with E-state index in [1.807, 2.05) is 18.2 Å². The lowest BCUT2D eigenvalue weighted by Gasteiger charge is -2.46. The van der Waals surface area contributed by atoms with Crippen molar-refractivity contribution in [3.05, 3.63) is 63.7 Å². The van der Waals surface area contributed by atoms with Gasteiger partial charge in [0.15, 0.2) is 0 Å². The standard InChI is InChI=1S/C26H29ClF3NO3/c1-16(24(32)33)13-18-3-4-19-7-8-25(34-23(19)14-18)9-11-31(12-10-25)17(2)21-15-20(27)5-6-22(21)26(28,29)30/h3-6,14-17H,7-13H2,1-2H3,(H,32,33)/t16-,17?/m0/s1. The molecule has 1 fully saturated rings. The van der Waals surface area contributed by atoms with Gasteiger partial charge in [-0.15, -0.1) is 0 Å². The maximum absolute atomic E-state index is 13.6. The number of likely N-dealkylation sites (tertiary alicyclic amines) is 1. The molecule has 2 aromatic carbocycles. The van der Waals surface area contributed by atoms with Crippen molar-refractivity contribution in [2.75, 3.05) is 13.1 Å².